The third kappa shape index (κ3) is 4.85. The molecule has 2 aromatic heterocycles. The van der Waals surface area contributed by atoms with E-state index < -0.39 is 23.4 Å². The van der Waals surface area contributed by atoms with Crippen molar-refractivity contribution < 1.29 is 27.4 Å². The number of hydrogen-bond donors (Lipinski definition) is 0. The molecule has 0 atom stereocenters. The number of rotatable bonds is 2. The first-order chi connectivity index (χ1) is 11.4. The van der Waals surface area contributed by atoms with Crippen molar-refractivity contribution in [3.05, 3.63) is 34.6 Å². The summed E-state index contributed by atoms with van der Waals surface area (Å²) in [5.41, 5.74) is -1.30. The number of ether oxygens (including phenoxy) is 2. The molecular formula is C15H15ClF3N3O3. The molecule has 0 aromatic carbocycles. The first-order valence-electron chi connectivity index (χ1n) is 7.07. The van der Waals surface area contributed by atoms with Crippen LogP contribution < -0.4 is 4.74 Å². The van der Waals surface area contributed by atoms with Gasteiger partial charge in [0.05, 0.1) is 11.3 Å². The Morgan fingerprint density at radius 2 is 1.88 bits per heavy atom. The lowest BCUT2D eigenvalue weighted by Gasteiger charge is -2.19. The van der Waals surface area contributed by atoms with E-state index in [1.165, 1.54) is 6.07 Å². The molecule has 0 aliphatic carbocycles. The van der Waals surface area contributed by atoms with Crippen LogP contribution in [0.2, 0.25) is 5.02 Å². The average molecular weight is 378 g/mol. The van der Waals surface area contributed by atoms with E-state index in [4.69, 9.17) is 21.1 Å². The topological polar surface area (TPSA) is 66.2 Å². The highest BCUT2D eigenvalue weighted by Crippen LogP contribution is 2.34. The second-order valence-electron chi connectivity index (χ2n) is 6.13. The molecule has 0 aliphatic rings. The molecule has 10 heteroatoms. The monoisotopic (exact) mass is 377 g/mol. The van der Waals surface area contributed by atoms with Crippen molar-refractivity contribution in [3.63, 3.8) is 0 Å². The van der Waals surface area contributed by atoms with E-state index in [0.29, 0.717) is 18.0 Å². The molecule has 136 valence electrons. The maximum Gasteiger partial charge on any atom is 0.435 e. The minimum atomic E-state index is -4.57. The fourth-order valence-corrected chi connectivity index (χ4v) is 1.95. The van der Waals surface area contributed by atoms with Gasteiger partial charge in [0, 0.05) is 12.3 Å². The zero-order valence-electron chi connectivity index (χ0n) is 13.8. The summed E-state index contributed by atoms with van der Waals surface area (Å²) in [6.45, 7) is 6.69. The van der Waals surface area contributed by atoms with Gasteiger partial charge < -0.3 is 9.47 Å². The molecule has 0 N–H and O–H groups in total. The van der Waals surface area contributed by atoms with Gasteiger partial charge in [0.2, 0.25) is 11.8 Å². The molecule has 0 unspecified atom stereocenters. The first-order valence-corrected chi connectivity index (χ1v) is 7.45. The van der Waals surface area contributed by atoms with Crippen molar-refractivity contribution in [2.75, 3.05) is 0 Å². The fraction of sp³-hybridized carbons (Fsp3) is 0.400. The quantitative estimate of drug-likeness (QED) is 0.749. The summed E-state index contributed by atoms with van der Waals surface area (Å²) in [5, 5.41) is 3.57. The standard InChI is InChI=1S/C15H15ClF3N3O3/c1-8-5-11(21-22(8)13(23)25-14(2,3)4)24-12-10(16)6-9(7-20-12)15(17,18)19/h5-7H,1-4H3. The predicted molar refractivity (Wildman–Crippen MR) is 82.9 cm³/mol. The number of aromatic nitrogens is 3. The van der Waals surface area contributed by atoms with E-state index >= 15 is 0 Å². The second kappa shape index (κ2) is 6.55. The van der Waals surface area contributed by atoms with Crippen LogP contribution in [0.3, 0.4) is 0 Å². The van der Waals surface area contributed by atoms with E-state index in [-0.39, 0.29) is 16.8 Å². The summed E-state index contributed by atoms with van der Waals surface area (Å²) >= 11 is 5.77. The highest BCUT2D eigenvalue weighted by atomic mass is 35.5. The summed E-state index contributed by atoms with van der Waals surface area (Å²) < 4.78 is 49.2. The molecule has 2 heterocycles. The molecular weight excluding hydrogens is 363 g/mol. The minimum Gasteiger partial charge on any atom is -0.442 e. The van der Waals surface area contributed by atoms with Crippen LogP contribution in [0.1, 0.15) is 32.0 Å². The average Bonchev–Trinajstić information content (AvgIpc) is 2.79. The lowest BCUT2D eigenvalue weighted by atomic mass is 10.2. The number of halogens is 4. The van der Waals surface area contributed by atoms with Crippen LogP contribution in [0, 0.1) is 6.92 Å². The molecule has 0 radical (unpaired) electrons. The molecule has 0 spiro atoms. The van der Waals surface area contributed by atoms with Crippen molar-refractivity contribution >= 4 is 17.7 Å². The normalized spacial score (nSPS) is 12.2. The zero-order valence-corrected chi connectivity index (χ0v) is 14.6. The van der Waals surface area contributed by atoms with Gasteiger partial charge in [-0.25, -0.2) is 9.78 Å². The maximum absolute atomic E-state index is 12.6. The summed E-state index contributed by atoms with van der Waals surface area (Å²) in [4.78, 5) is 15.6. The van der Waals surface area contributed by atoms with Gasteiger partial charge in [-0.2, -0.15) is 17.9 Å². The van der Waals surface area contributed by atoms with Gasteiger partial charge >= 0.3 is 12.3 Å². The van der Waals surface area contributed by atoms with Gasteiger partial charge in [-0.3, -0.25) is 0 Å². The molecule has 0 saturated heterocycles. The van der Waals surface area contributed by atoms with E-state index in [9.17, 15) is 18.0 Å². The first kappa shape index (κ1) is 19.0. The number of carbonyl (C=O) groups is 1. The maximum atomic E-state index is 12.6. The van der Waals surface area contributed by atoms with E-state index in [1.807, 2.05) is 0 Å². The van der Waals surface area contributed by atoms with Crippen LogP contribution in [0.5, 0.6) is 11.8 Å². The van der Waals surface area contributed by atoms with Crippen LogP contribution in [-0.4, -0.2) is 26.5 Å². The zero-order chi connectivity index (χ0) is 19.0. The molecule has 0 saturated carbocycles. The molecule has 0 aliphatic heterocycles. The summed E-state index contributed by atoms with van der Waals surface area (Å²) in [6, 6.07) is 2.10. The number of nitrogens with zero attached hydrogens (tertiary/aromatic N) is 3. The SMILES string of the molecule is Cc1cc(Oc2ncc(C(F)(F)F)cc2Cl)nn1C(=O)OC(C)(C)C. The Bertz CT molecular complexity index is 798. The van der Waals surface area contributed by atoms with Gasteiger partial charge in [0.15, 0.2) is 0 Å². The van der Waals surface area contributed by atoms with Gasteiger partial charge in [0.1, 0.15) is 10.6 Å². The van der Waals surface area contributed by atoms with Crippen LogP contribution in [0.25, 0.3) is 0 Å². The molecule has 0 amide bonds. The van der Waals surface area contributed by atoms with Crippen LogP contribution in [0.4, 0.5) is 18.0 Å². The summed E-state index contributed by atoms with van der Waals surface area (Å²) in [5.74, 6) is -0.318. The van der Waals surface area contributed by atoms with Gasteiger partial charge in [-0.1, -0.05) is 11.6 Å². The van der Waals surface area contributed by atoms with Crippen molar-refractivity contribution in [2.24, 2.45) is 0 Å². The van der Waals surface area contributed by atoms with E-state index in [0.717, 1.165) is 4.68 Å². The molecule has 25 heavy (non-hydrogen) atoms. The Morgan fingerprint density at radius 3 is 2.40 bits per heavy atom. The van der Waals surface area contributed by atoms with Crippen LogP contribution in [0.15, 0.2) is 18.3 Å². The third-order valence-electron chi connectivity index (χ3n) is 2.77. The second-order valence-corrected chi connectivity index (χ2v) is 6.53. The fourth-order valence-electron chi connectivity index (χ4n) is 1.74. The lowest BCUT2D eigenvalue weighted by Crippen LogP contribution is -2.28. The molecule has 0 bridgehead atoms. The Hall–Kier alpha value is -2.29. The Balaban J connectivity index is 2.22. The Kier molecular flexibility index (Phi) is 4.99. The number of pyridine rings is 1. The molecule has 2 aromatic rings. The van der Waals surface area contributed by atoms with E-state index in [2.05, 4.69) is 10.1 Å². The smallest absolute Gasteiger partial charge is 0.435 e. The number of hydrogen-bond acceptors (Lipinski definition) is 5. The highest BCUT2D eigenvalue weighted by Gasteiger charge is 2.32. The Morgan fingerprint density at radius 1 is 1.24 bits per heavy atom. The van der Waals surface area contributed by atoms with Crippen LogP contribution in [-0.2, 0) is 10.9 Å². The molecule has 6 nitrogen and oxygen atoms in total. The number of aryl methyl sites for hydroxylation is 1. The molecule has 0 fully saturated rings. The minimum absolute atomic E-state index is 0.0579. The van der Waals surface area contributed by atoms with Gasteiger partial charge in [-0.15, -0.1) is 5.10 Å². The molecule has 2 rings (SSSR count). The van der Waals surface area contributed by atoms with Crippen molar-refractivity contribution in [3.8, 4) is 11.8 Å². The Labute approximate surface area is 146 Å². The van der Waals surface area contributed by atoms with Gasteiger partial charge in [-0.05, 0) is 33.8 Å². The summed E-state index contributed by atoms with van der Waals surface area (Å²) in [6.07, 6.45) is -4.69. The lowest BCUT2D eigenvalue weighted by molar-refractivity contribution is -0.137. The largest absolute Gasteiger partial charge is 0.442 e. The van der Waals surface area contributed by atoms with Crippen LogP contribution >= 0.6 is 11.6 Å². The predicted octanol–water partition coefficient (Wildman–Crippen LogP) is 4.83. The van der Waals surface area contributed by atoms with Crippen molar-refractivity contribution in [1.82, 2.24) is 14.8 Å². The summed E-state index contributed by atoms with van der Waals surface area (Å²) in [7, 11) is 0. The van der Waals surface area contributed by atoms with Crippen molar-refractivity contribution in [2.45, 2.75) is 39.5 Å². The van der Waals surface area contributed by atoms with Crippen molar-refractivity contribution in [1.29, 1.82) is 0 Å². The number of alkyl halides is 3. The number of carbonyl (C=O) groups excluding carboxylic acids is 1. The highest BCUT2D eigenvalue weighted by molar-refractivity contribution is 6.31. The van der Waals surface area contributed by atoms with Gasteiger partial charge in [0.25, 0.3) is 0 Å². The third-order valence-corrected chi connectivity index (χ3v) is 3.04. The van der Waals surface area contributed by atoms with E-state index in [1.54, 1.807) is 27.7 Å².